The van der Waals surface area contributed by atoms with E-state index in [1.165, 1.54) is 0 Å². The first-order chi connectivity index (χ1) is 7.63. The van der Waals surface area contributed by atoms with Crippen LogP contribution < -0.4 is 0 Å². The van der Waals surface area contributed by atoms with Crippen molar-refractivity contribution in [2.75, 3.05) is 46.9 Å². The van der Waals surface area contributed by atoms with Gasteiger partial charge in [0.05, 0.1) is 0 Å². The number of Topliss-reactive ketones (excluding diaryl/α,β-unsaturated/α-hetero) is 1. The third kappa shape index (κ3) is 4.60. The lowest BCUT2D eigenvalue weighted by Gasteiger charge is -2.37. The van der Waals surface area contributed by atoms with Gasteiger partial charge in [0.15, 0.2) is 5.78 Å². The Morgan fingerprint density at radius 2 is 2.12 bits per heavy atom. The van der Waals surface area contributed by atoms with Gasteiger partial charge in [0.2, 0.25) is 0 Å². The monoisotopic (exact) mass is 228 g/mol. The van der Waals surface area contributed by atoms with Crippen LogP contribution in [0.4, 0.5) is 0 Å². The van der Waals surface area contributed by atoms with Crippen LogP contribution in [0.15, 0.2) is 0 Å². The highest BCUT2D eigenvalue weighted by atomic mass is 16.5. The fraction of sp³-hybridized carbons (Fsp3) is 0.917. The van der Waals surface area contributed by atoms with Gasteiger partial charge in [0.1, 0.15) is 6.61 Å². The minimum Gasteiger partial charge on any atom is -0.374 e. The van der Waals surface area contributed by atoms with Gasteiger partial charge in [-0.05, 0) is 20.5 Å². The van der Waals surface area contributed by atoms with Crippen LogP contribution in [0.5, 0.6) is 0 Å². The van der Waals surface area contributed by atoms with Gasteiger partial charge in [-0.15, -0.1) is 0 Å². The summed E-state index contributed by atoms with van der Waals surface area (Å²) in [4.78, 5) is 16.2. The second-order valence-corrected chi connectivity index (χ2v) is 4.69. The van der Waals surface area contributed by atoms with E-state index in [-0.39, 0.29) is 12.4 Å². The van der Waals surface area contributed by atoms with Crippen molar-refractivity contribution >= 4 is 5.78 Å². The summed E-state index contributed by atoms with van der Waals surface area (Å²) in [5.74, 6) is 0.223. The molecule has 16 heavy (non-hydrogen) atoms. The maximum absolute atomic E-state index is 11.7. The van der Waals surface area contributed by atoms with Crippen LogP contribution in [0.2, 0.25) is 0 Å². The number of carbonyl (C=O) groups is 1. The number of hydrogen-bond donors (Lipinski definition) is 0. The fourth-order valence-electron chi connectivity index (χ4n) is 1.97. The predicted molar refractivity (Wildman–Crippen MR) is 64.6 cm³/mol. The number of ether oxygens (including phenoxy) is 1. The average Bonchev–Trinajstić information content (AvgIpc) is 2.24. The van der Waals surface area contributed by atoms with Crippen LogP contribution in [0.25, 0.3) is 0 Å². The van der Waals surface area contributed by atoms with Crippen molar-refractivity contribution in [1.29, 1.82) is 0 Å². The number of likely N-dealkylation sites (N-methyl/N-ethyl adjacent to an activating group) is 2. The summed E-state index contributed by atoms with van der Waals surface area (Å²) in [5.41, 5.74) is 0. The summed E-state index contributed by atoms with van der Waals surface area (Å²) >= 11 is 0. The number of nitrogens with zero attached hydrogens (tertiary/aromatic N) is 2. The van der Waals surface area contributed by atoms with Crippen LogP contribution in [-0.4, -0.2) is 68.6 Å². The standard InChI is InChI=1S/C12H24N2O2/c1-4-7-16-10-12(15)8-11-9-13(2)5-6-14(11)3/h11H,4-10H2,1-3H3. The van der Waals surface area contributed by atoms with Crippen molar-refractivity contribution in [2.24, 2.45) is 0 Å². The molecule has 0 amide bonds. The number of rotatable bonds is 6. The molecule has 0 aromatic heterocycles. The highest BCUT2D eigenvalue weighted by Crippen LogP contribution is 2.09. The zero-order valence-corrected chi connectivity index (χ0v) is 10.7. The fourth-order valence-corrected chi connectivity index (χ4v) is 1.97. The van der Waals surface area contributed by atoms with Gasteiger partial charge in [-0.1, -0.05) is 6.92 Å². The Bertz CT molecular complexity index is 221. The molecule has 0 saturated carbocycles. The molecule has 4 nitrogen and oxygen atoms in total. The smallest absolute Gasteiger partial charge is 0.160 e. The van der Waals surface area contributed by atoms with E-state index in [9.17, 15) is 4.79 Å². The topological polar surface area (TPSA) is 32.8 Å². The van der Waals surface area contributed by atoms with E-state index in [4.69, 9.17) is 4.74 Å². The van der Waals surface area contributed by atoms with Crippen molar-refractivity contribution in [2.45, 2.75) is 25.8 Å². The van der Waals surface area contributed by atoms with Gasteiger partial charge in [0, 0.05) is 38.7 Å². The molecule has 1 aliphatic heterocycles. The highest BCUT2D eigenvalue weighted by Gasteiger charge is 2.24. The molecule has 1 heterocycles. The number of hydrogen-bond acceptors (Lipinski definition) is 4. The molecule has 0 aromatic carbocycles. The van der Waals surface area contributed by atoms with Gasteiger partial charge < -0.3 is 14.5 Å². The number of ketones is 1. The Hall–Kier alpha value is -0.450. The molecule has 0 radical (unpaired) electrons. The Morgan fingerprint density at radius 3 is 2.81 bits per heavy atom. The van der Waals surface area contributed by atoms with Crippen molar-refractivity contribution in [1.82, 2.24) is 9.80 Å². The van der Waals surface area contributed by atoms with E-state index in [2.05, 4.69) is 23.9 Å². The van der Waals surface area contributed by atoms with E-state index < -0.39 is 0 Å². The molecule has 4 heteroatoms. The van der Waals surface area contributed by atoms with Crippen LogP contribution in [0, 0.1) is 0 Å². The van der Waals surface area contributed by atoms with E-state index in [0.717, 1.165) is 26.1 Å². The van der Waals surface area contributed by atoms with Crippen molar-refractivity contribution in [3.63, 3.8) is 0 Å². The molecule has 0 aromatic rings. The van der Waals surface area contributed by atoms with Crippen LogP contribution in [-0.2, 0) is 9.53 Å². The lowest BCUT2D eigenvalue weighted by molar-refractivity contribution is -0.125. The molecular formula is C12H24N2O2. The van der Waals surface area contributed by atoms with Gasteiger partial charge >= 0.3 is 0 Å². The quantitative estimate of drug-likeness (QED) is 0.624. The first-order valence-electron chi connectivity index (χ1n) is 6.11. The average molecular weight is 228 g/mol. The normalized spacial score (nSPS) is 23.6. The number of piperazine rings is 1. The summed E-state index contributed by atoms with van der Waals surface area (Å²) in [6.07, 6.45) is 1.59. The van der Waals surface area contributed by atoms with Gasteiger partial charge in [-0.3, -0.25) is 4.79 Å². The van der Waals surface area contributed by atoms with Gasteiger partial charge in [0.25, 0.3) is 0 Å². The zero-order chi connectivity index (χ0) is 12.0. The Morgan fingerprint density at radius 1 is 1.38 bits per heavy atom. The Balaban J connectivity index is 2.25. The lowest BCUT2D eigenvalue weighted by atomic mass is 10.1. The molecule has 1 rings (SSSR count). The first-order valence-corrected chi connectivity index (χ1v) is 6.11. The Labute approximate surface area is 98.5 Å². The summed E-state index contributed by atoms with van der Waals surface area (Å²) in [6, 6.07) is 0.358. The van der Waals surface area contributed by atoms with Crippen LogP contribution >= 0.6 is 0 Å². The second-order valence-electron chi connectivity index (χ2n) is 4.69. The third-order valence-corrected chi connectivity index (χ3v) is 3.06. The highest BCUT2D eigenvalue weighted by molar-refractivity contribution is 5.80. The zero-order valence-electron chi connectivity index (χ0n) is 10.7. The molecule has 1 unspecified atom stereocenters. The van der Waals surface area contributed by atoms with Crippen LogP contribution in [0.3, 0.4) is 0 Å². The first kappa shape index (κ1) is 13.6. The minimum absolute atomic E-state index is 0.223. The minimum atomic E-state index is 0.223. The summed E-state index contributed by atoms with van der Waals surface area (Å²) < 4.78 is 5.27. The van der Waals surface area contributed by atoms with Gasteiger partial charge in [-0.25, -0.2) is 0 Å². The van der Waals surface area contributed by atoms with Crippen molar-refractivity contribution < 1.29 is 9.53 Å². The second kappa shape index (κ2) is 6.99. The number of carbonyl (C=O) groups excluding carboxylic acids is 1. The largest absolute Gasteiger partial charge is 0.374 e. The van der Waals surface area contributed by atoms with Crippen molar-refractivity contribution in [3.8, 4) is 0 Å². The molecular weight excluding hydrogens is 204 g/mol. The van der Waals surface area contributed by atoms with E-state index in [1.807, 2.05) is 6.92 Å². The van der Waals surface area contributed by atoms with Crippen molar-refractivity contribution in [3.05, 3.63) is 0 Å². The SMILES string of the molecule is CCCOCC(=O)CC1CN(C)CCN1C. The molecule has 1 saturated heterocycles. The molecule has 0 bridgehead atoms. The summed E-state index contributed by atoms with van der Waals surface area (Å²) in [7, 11) is 4.20. The molecule has 0 spiro atoms. The molecule has 0 aliphatic carbocycles. The van der Waals surface area contributed by atoms with Gasteiger partial charge in [-0.2, -0.15) is 0 Å². The molecule has 1 aliphatic rings. The van der Waals surface area contributed by atoms with Crippen LogP contribution in [0.1, 0.15) is 19.8 Å². The Kier molecular flexibility index (Phi) is 5.95. The summed E-state index contributed by atoms with van der Waals surface area (Å²) in [5, 5.41) is 0. The third-order valence-electron chi connectivity index (χ3n) is 3.06. The predicted octanol–water partition coefficient (Wildman–Crippen LogP) is 0.618. The molecule has 94 valence electrons. The lowest BCUT2D eigenvalue weighted by Crippen LogP contribution is -2.50. The summed E-state index contributed by atoms with van der Waals surface area (Å²) in [6.45, 7) is 6.14. The molecule has 1 atom stereocenters. The maximum atomic E-state index is 11.7. The molecule has 1 fully saturated rings. The maximum Gasteiger partial charge on any atom is 0.160 e. The van der Waals surface area contributed by atoms with E-state index >= 15 is 0 Å². The van der Waals surface area contributed by atoms with E-state index in [0.29, 0.717) is 19.1 Å². The molecule has 0 N–H and O–H groups in total. The van der Waals surface area contributed by atoms with E-state index in [1.54, 1.807) is 0 Å².